The van der Waals surface area contributed by atoms with Crippen molar-refractivity contribution in [3.8, 4) is 0 Å². The zero-order chi connectivity index (χ0) is 13.1. The number of hydrogen-bond donors (Lipinski definition) is 3. The summed E-state index contributed by atoms with van der Waals surface area (Å²) in [5.74, 6) is -1.35. The molecule has 1 aromatic rings. The van der Waals surface area contributed by atoms with Gasteiger partial charge < -0.3 is 16.2 Å². The number of carboxylic acid groups (broad SMARTS) is 1. The number of carbonyl (C=O) groups is 2. The first-order chi connectivity index (χ1) is 7.80. The molecule has 0 aliphatic heterocycles. The number of aromatic carboxylic acids is 1. The minimum absolute atomic E-state index is 0.135. The van der Waals surface area contributed by atoms with Crippen LogP contribution in [0.1, 0.15) is 29.9 Å². The Morgan fingerprint density at radius 2 is 2.18 bits per heavy atom. The molecule has 0 fully saturated rings. The third kappa shape index (κ3) is 3.84. The number of carboxylic acids is 1. The van der Waals surface area contributed by atoms with Crippen LogP contribution in [0.25, 0.3) is 0 Å². The third-order valence-electron chi connectivity index (χ3n) is 2.08. The third-order valence-corrected chi connectivity index (χ3v) is 2.08. The first-order valence-corrected chi connectivity index (χ1v) is 5.06. The van der Waals surface area contributed by atoms with Crippen molar-refractivity contribution in [3.05, 3.63) is 29.6 Å². The summed E-state index contributed by atoms with van der Waals surface area (Å²) in [6.45, 7) is 3.33. The molecular weight excluding hydrogens is 222 g/mol. The van der Waals surface area contributed by atoms with Gasteiger partial charge in [-0.1, -0.05) is 0 Å². The van der Waals surface area contributed by atoms with Gasteiger partial charge in [-0.2, -0.15) is 0 Å². The predicted molar refractivity (Wildman–Crippen MR) is 61.3 cm³/mol. The average molecular weight is 237 g/mol. The Morgan fingerprint density at radius 3 is 2.71 bits per heavy atom. The molecule has 0 spiro atoms. The van der Waals surface area contributed by atoms with Crippen LogP contribution in [0.2, 0.25) is 0 Å². The zero-order valence-electron chi connectivity index (χ0n) is 9.73. The van der Waals surface area contributed by atoms with E-state index in [0.29, 0.717) is 5.69 Å². The van der Waals surface area contributed by atoms with Gasteiger partial charge >= 0.3 is 5.97 Å². The molecule has 0 atom stereocenters. The van der Waals surface area contributed by atoms with Crippen LogP contribution in [0.4, 0.5) is 0 Å². The number of carbonyl (C=O) groups excluding carboxylic acids is 1. The first kappa shape index (κ1) is 13.1. The first-order valence-electron chi connectivity index (χ1n) is 5.06. The Morgan fingerprint density at radius 1 is 1.53 bits per heavy atom. The lowest BCUT2D eigenvalue weighted by Crippen LogP contribution is -2.48. The molecule has 0 aromatic carbocycles. The van der Waals surface area contributed by atoms with E-state index in [9.17, 15) is 9.59 Å². The van der Waals surface area contributed by atoms with Crippen LogP contribution < -0.4 is 11.1 Å². The van der Waals surface area contributed by atoms with Crippen LogP contribution in [0.3, 0.4) is 0 Å². The van der Waals surface area contributed by atoms with Gasteiger partial charge in [0.1, 0.15) is 0 Å². The Labute approximate surface area is 98.8 Å². The fourth-order valence-corrected chi connectivity index (χ4v) is 1.11. The fourth-order valence-electron chi connectivity index (χ4n) is 1.11. The Bertz CT molecular complexity index is 438. The molecule has 1 rings (SSSR count). The molecule has 17 heavy (non-hydrogen) atoms. The van der Waals surface area contributed by atoms with E-state index in [0.717, 1.165) is 0 Å². The van der Waals surface area contributed by atoms with E-state index in [1.165, 1.54) is 18.3 Å². The number of nitrogens with two attached hydrogens (primary N) is 1. The number of nitrogens with zero attached hydrogens (tertiary/aromatic N) is 1. The fraction of sp³-hybridized carbons (Fsp3) is 0.364. The topological polar surface area (TPSA) is 105 Å². The summed E-state index contributed by atoms with van der Waals surface area (Å²) in [6, 6.07) is 2.80. The van der Waals surface area contributed by atoms with Gasteiger partial charge in [0.25, 0.3) is 0 Å². The SMILES string of the molecule is CC(C)(N)C(=O)NCc1cc(C(=O)O)ccn1. The number of nitrogens with one attached hydrogen (secondary N) is 1. The highest BCUT2D eigenvalue weighted by molar-refractivity contribution is 5.87. The maximum absolute atomic E-state index is 11.5. The highest BCUT2D eigenvalue weighted by Crippen LogP contribution is 2.03. The van der Waals surface area contributed by atoms with Gasteiger partial charge in [-0.25, -0.2) is 4.79 Å². The number of rotatable bonds is 4. The average Bonchev–Trinajstić information content (AvgIpc) is 2.25. The maximum Gasteiger partial charge on any atom is 0.335 e. The zero-order valence-corrected chi connectivity index (χ0v) is 9.73. The van der Waals surface area contributed by atoms with E-state index in [1.807, 2.05) is 0 Å². The molecule has 1 amide bonds. The van der Waals surface area contributed by atoms with E-state index in [4.69, 9.17) is 10.8 Å². The Hall–Kier alpha value is -1.95. The van der Waals surface area contributed by atoms with Gasteiger partial charge in [0.15, 0.2) is 0 Å². The normalized spacial score (nSPS) is 11.0. The molecule has 0 bridgehead atoms. The lowest BCUT2D eigenvalue weighted by molar-refractivity contribution is -0.125. The van der Waals surface area contributed by atoms with Crippen LogP contribution >= 0.6 is 0 Å². The summed E-state index contributed by atoms with van der Waals surface area (Å²) in [5.41, 5.74) is 5.24. The van der Waals surface area contributed by atoms with Crippen LogP contribution in [-0.4, -0.2) is 27.5 Å². The molecule has 6 nitrogen and oxygen atoms in total. The van der Waals surface area contributed by atoms with E-state index in [-0.39, 0.29) is 18.0 Å². The van der Waals surface area contributed by atoms with Crippen LogP contribution in [-0.2, 0) is 11.3 Å². The van der Waals surface area contributed by atoms with Gasteiger partial charge in [0.05, 0.1) is 23.3 Å². The van der Waals surface area contributed by atoms with E-state index in [1.54, 1.807) is 13.8 Å². The minimum atomic E-state index is -1.03. The minimum Gasteiger partial charge on any atom is -0.478 e. The van der Waals surface area contributed by atoms with Crippen molar-refractivity contribution in [3.63, 3.8) is 0 Å². The summed E-state index contributed by atoms with van der Waals surface area (Å²) >= 11 is 0. The monoisotopic (exact) mass is 237 g/mol. The molecule has 92 valence electrons. The Kier molecular flexibility index (Phi) is 3.80. The molecule has 0 aliphatic rings. The molecule has 0 saturated heterocycles. The number of aromatic nitrogens is 1. The lowest BCUT2D eigenvalue weighted by Gasteiger charge is -2.17. The molecule has 0 unspecified atom stereocenters. The van der Waals surface area contributed by atoms with Gasteiger partial charge in [-0.3, -0.25) is 9.78 Å². The van der Waals surface area contributed by atoms with E-state index < -0.39 is 11.5 Å². The number of pyridine rings is 1. The van der Waals surface area contributed by atoms with Crippen molar-refractivity contribution in [2.75, 3.05) is 0 Å². The second-order valence-corrected chi connectivity index (χ2v) is 4.25. The second-order valence-electron chi connectivity index (χ2n) is 4.25. The van der Waals surface area contributed by atoms with Crippen molar-refractivity contribution in [1.29, 1.82) is 0 Å². The lowest BCUT2D eigenvalue weighted by atomic mass is 10.1. The highest BCUT2D eigenvalue weighted by atomic mass is 16.4. The smallest absolute Gasteiger partial charge is 0.335 e. The van der Waals surface area contributed by atoms with Crippen molar-refractivity contribution < 1.29 is 14.7 Å². The van der Waals surface area contributed by atoms with E-state index >= 15 is 0 Å². The Balaban J connectivity index is 2.67. The van der Waals surface area contributed by atoms with Gasteiger partial charge in [-0.05, 0) is 26.0 Å². The molecule has 1 heterocycles. The van der Waals surface area contributed by atoms with Crippen LogP contribution in [0, 0.1) is 0 Å². The van der Waals surface area contributed by atoms with Crippen LogP contribution in [0.15, 0.2) is 18.3 Å². The molecule has 6 heteroatoms. The molecule has 0 radical (unpaired) electrons. The summed E-state index contributed by atoms with van der Waals surface area (Å²) in [6.07, 6.45) is 1.39. The van der Waals surface area contributed by atoms with Crippen molar-refractivity contribution >= 4 is 11.9 Å². The standard InChI is InChI=1S/C11H15N3O3/c1-11(2,12)10(17)14-6-8-5-7(9(15)16)3-4-13-8/h3-5H,6,12H2,1-2H3,(H,14,17)(H,15,16). The molecule has 0 saturated carbocycles. The highest BCUT2D eigenvalue weighted by Gasteiger charge is 2.21. The van der Waals surface area contributed by atoms with Crippen molar-refractivity contribution in [2.45, 2.75) is 25.9 Å². The van der Waals surface area contributed by atoms with Gasteiger partial charge in [0, 0.05) is 6.20 Å². The van der Waals surface area contributed by atoms with Crippen LogP contribution in [0.5, 0.6) is 0 Å². The maximum atomic E-state index is 11.5. The van der Waals surface area contributed by atoms with Gasteiger partial charge in [-0.15, -0.1) is 0 Å². The van der Waals surface area contributed by atoms with Gasteiger partial charge in [0.2, 0.25) is 5.91 Å². The molecular formula is C11H15N3O3. The summed E-state index contributed by atoms with van der Waals surface area (Å²) in [7, 11) is 0. The van der Waals surface area contributed by atoms with Crippen molar-refractivity contribution in [2.24, 2.45) is 5.73 Å². The van der Waals surface area contributed by atoms with E-state index in [2.05, 4.69) is 10.3 Å². The van der Waals surface area contributed by atoms with Crippen molar-refractivity contribution in [1.82, 2.24) is 10.3 Å². The summed E-state index contributed by atoms with van der Waals surface area (Å²) in [4.78, 5) is 26.1. The second kappa shape index (κ2) is 4.92. The largest absolute Gasteiger partial charge is 0.478 e. The number of amides is 1. The summed E-state index contributed by atoms with van der Waals surface area (Å²) in [5, 5.41) is 11.4. The predicted octanol–water partition coefficient (Wildman–Crippen LogP) is 0.133. The molecule has 0 aliphatic carbocycles. The molecule has 4 N–H and O–H groups in total. The molecule has 1 aromatic heterocycles. The summed E-state index contributed by atoms with van der Waals surface area (Å²) < 4.78 is 0. The number of hydrogen-bond acceptors (Lipinski definition) is 4. The quantitative estimate of drug-likeness (QED) is 0.690.